The molecule has 0 fully saturated rings. The number of carbonyl (C=O) groups excluding carboxylic acids is 1. The predicted octanol–water partition coefficient (Wildman–Crippen LogP) is 3.30. The summed E-state index contributed by atoms with van der Waals surface area (Å²) in [4.78, 5) is 12.3. The van der Waals surface area contributed by atoms with E-state index in [1.54, 1.807) is 32.0 Å². The normalized spacial score (nSPS) is 11.2. The number of ether oxygens (including phenoxy) is 1. The number of nitrogens with zero attached hydrogens (tertiary/aromatic N) is 2. The summed E-state index contributed by atoms with van der Waals surface area (Å²) in [5.41, 5.74) is 0.864. The number of anilines is 1. The molecule has 0 aliphatic heterocycles. The van der Waals surface area contributed by atoms with Crippen molar-refractivity contribution in [3.63, 3.8) is 0 Å². The molecule has 28 heavy (non-hydrogen) atoms. The molecule has 0 bridgehead atoms. The molecule has 9 heteroatoms. The summed E-state index contributed by atoms with van der Waals surface area (Å²) in [6.07, 6.45) is 1.21. The molecule has 0 unspecified atom stereocenters. The van der Waals surface area contributed by atoms with Gasteiger partial charge in [-0.2, -0.15) is 5.10 Å². The first-order valence-electron chi connectivity index (χ1n) is 8.43. The first-order valence-corrected chi connectivity index (χ1v) is 9.91. The number of sulfonamides is 1. The van der Waals surface area contributed by atoms with Crippen LogP contribution in [0.15, 0.2) is 59.6 Å². The van der Waals surface area contributed by atoms with Gasteiger partial charge >= 0.3 is 5.97 Å². The Morgan fingerprint density at radius 1 is 1.18 bits per heavy atom. The van der Waals surface area contributed by atoms with Crippen LogP contribution in [-0.2, 0) is 14.8 Å². The molecule has 0 atom stereocenters. The maximum atomic E-state index is 13.3. The average Bonchev–Trinajstić information content (AvgIpc) is 3.05. The zero-order valence-corrected chi connectivity index (χ0v) is 16.0. The lowest BCUT2D eigenvalue weighted by molar-refractivity contribution is 0.0527. The Hall–Kier alpha value is -3.20. The first-order chi connectivity index (χ1) is 13.3. The van der Waals surface area contributed by atoms with Gasteiger partial charge in [0.2, 0.25) is 0 Å². The van der Waals surface area contributed by atoms with Crippen LogP contribution >= 0.6 is 0 Å². The van der Waals surface area contributed by atoms with E-state index < -0.39 is 21.8 Å². The van der Waals surface area contributed by atoms with E-state index in [4.69, 9.17) is 4.74 Å². The quantitative estimate of drug-likeness (QED) is 0.638. The van der Waals surface area contributed by atoms with Crippen LogP contribution in [0.3, 0.4) is 0 Å². The third kappa shape index (κ3) is 3.89. The van der Waals surface area contributed by atoms with Gasteiger partial charge in [-0.25, -0.2) is 22.3 Å². The summed E-state index contributed by atoms with van der Waals surface area (Å²) in [6.45, 7) is 3.42. The number of esters is 1. The van der Waals surface area contributed by atoms with Crippen molar-refractivity contribution in [2.24, 2.45) is 0 Å². The van der Waals surface area contributed by atoms with Crippen molar-refractivity contribution < 1.29 is 22.3 Å². The third-order valence-corrected chi connectivity index (χ3v) is 5.45. The Labute approximate surface area is 161 Å². The van der Waals surface area contributed by atoms with Gasteiger partial charge < -0.3 is 4.74 Å². The van der Waals surface area contributed by atoms with Crippen LogP contribution in [0, 0.1) is 12.7 Å². The molecule has 0 aliphatic rings. The lowest BCUT2D eigenvalue weighted by Crippen LogP contribution is -2.19. The Kier molecular flexibility index (Phi) is 5.46. The van der Waals surface area contributed by atoms with Gasteiger partial charge in [0.05, 0.1) is 23.4 Å². The number of halogens is 1. The standard InChI is InChI=1S/C19H18FN3O4S/c1-3-27-19(24)16-12-21-23(15-10-8-14(20)9-11-15)18(16)22-28(25,26)17-7-5-4-6-13(17)2/h4-12,22H,3H2,1-2H3. The molecule has 1 aromatic heterocycles. The molecule has 0 amide bonds. The molecule has 0 spiro atoms. The monoisotopic (exact) mass is 403 g/mol. The number of hydrogen-bond acceptors (Lipinski definition) is 5. The second-order valence-corrected chi connectivity index (χ2v) is 7.54. The van der Waals surface area contributed by atoms with Gasteiger partial charge in [-0.05, 0) is 49.7 Å². The highest BCUT2D eigenvalue weighted by Gasteiger charge is 2.25. The van der Waals surface area contributed by atoms with Crippen molar-refractivity contribution >= 4 is 21.8 Å². The molecule has 1 heterocycles. The van der Waals surface area contributed by atoms with Gasteiger partial charge in [0, 0.05) is 0 Å². The Morgan fingerprint density at radius 3 is 2.50 bits per heavy atom. The molecule has 0 saturated heterocycles. The largest absolute Gasteiger partial charge is 0.462 e. The molecular formula is C19H18FN3O4S. The van der Waals surface area contributed by atoms with Gasteiger partial charge in [0.15, 0.2) is 5.82 Å². The number of rotatable bonds is 6. The molecule has 3 rings (SSSR count). The number of hydrogen-bond donors (Lipinski definition) is 1. The topological polar surface area (TPSA) is 90.3 Å². The fraction of sp³-hybridized carbons (Fsp3) is 0.158. The maximum absolute atomic E-state index is 13.3. The molecule has 2 aromatic carbocycles. The van der Waals surface area contributed by atoms with Crippen LogP contribution in [0.2, 0.25) is 0 Å². The lowest BCUT2D eigenvalue weighted by atomic mass is 10.2. The Morgan fingerprint density at radius 2 is 1.86 bits per heavy atom. The van der Waals surface area contributed by atoms with E-state index in [0.717, 1.165) is 0 Å². The van der Waals surface area contributed by atoms with Crippen molar-refractivity contribution in [3.05, 3.63) is 71.7 Å². The van der Waals surface area contributed by atoms with E-state index in [0.29, 0.717) is 11.3 Å². The second-order valence-electron chi connectivity index (χ2n) is 5.89. The molecule has 0 radical (unpaired) electrons. The van der Waals surface area contributed by atoms with Crippen molar-refractivity contribution in [1.82, 2.24) is 9.78 Å². The number of carbonyl (C=O) groups is 1. The maximum Gasteiger partial charge on any atom is 0.343 e. The number of benzene rings is 2. The lowest BCUT2D eigenvalue weighted by Gasteiger charge is -2.13. The highest BCUT2D eigenvalue weighted by atomic mass is 32.2. The minimum atomic E-state index is -4.02. The number of aromatic nitrogens is 2. The van der Waals surface area contributed by atoms with E-state index >= 15 is 0 Å². The van der Waals surface area contributed by atoms with Crippen LogP contribution in [0.1, 0.15) is 22.8 Å². The van der Waals surface area contributed by atoms with Crippen LogP contribution in [0.4, 0.5) is 10.2 Å². The van der Waals surface area contributed by atoms with Crippen molar-refractivity contribution in [2.75, 3.05) is 11.3 Å². The smallest absolute Gasteiger partial charge is 0.343 e. The zero-order chi connectivity index (χ0) is 20.3. The third-order valence-electron chi connectivity index (χ3n) is 3.95. The summed E-state index contributed by atoms with van der Waals surface area (Å²) in [5, 5.41) is 4.09. The summed E-state index contributed by atoms with van der Waals surface area (Å²) in [5.74, 6) is -1.27. The van der Waals surface area contributed by atoms with Gasteiger partial charge in [-0.3, -0.25) is 4.72 Å². The first kappa shape index (κ1) is 19.6. The molecule has 3 aromatic rings. The van der Waals surface area contributed by atoms with Crippen molar-refractivity contribution in [1.29, 1.82) is 0 Å². The van der Waals surface area contributed by atoms with Crippen molar-refractivity contribution in [3.8, 4) is 5.69 Å². The highest BCUT2D eigenvalue weighted by Crippen LogP contribution is 2.25. The Balaban J connectivity index is 2.11. The summed E-state index contributed by atoms with van der Waals surface area (Å²) in [7, 11) is -4.02. The van der Waals surface area contributed by atoms with Gasteiger partial charge in [-0.15, -0.1) is 0 Å². The second kappa shape index (κ2) is 7.81. The molecule has 0 aliphatic carbocycles. The van der Waals surface area contributed by atoms with E-state index in [9.17, 15) is 17.6 Å². The zero-order valence-electron chi connectivity index (χ0n) is 15.2. The summed E-state index contributed by atoms with van der Waals surface area (Å²) >= 11 is 0. The van der Waals surface area contributed by atoms with Gasteiger partial charge in [0.25, 0.3) is 10.0 Å². The fourth-order valence-corrected chi connectivity index (χ4v) is 3.93. The van der Waals surface area contributed by atoms with E-state index in [2.05, 4.69) is 9.82 Å². The van der Waals surface area contributed by atoms with Crippen LogP contribution in [0.5, 0.6) is 0 Å². The van der Waals surface area contributed by atoms with Crippen molar-refractivity contribution in [2.45, 2.75) is 18.7 Å². The van der Waals surface area contributed by atoms with E-state index in [1.165, 1.54) is 41.2 Å². The SMILES string of the molecule is CCOC(=O)c1cnn(-c2ccc(F)cc2)c1NS(=O)(=O)c1ccccc1C. The fourth-order valence-electron chi connectivity index (χ4n) is 2.62. The van der Waals surface area contributed by atoms with Crippen LogP contribution in [-0.4, -0.2) is 30.8 Å². The molecule has 1 N–H and O–H groups in total. The van der Waals surface area contributed by atoms with E-state index in [1.807, 2.05) is 0 Å². The minimum absolute atomic E-state index is 0.0525. The highest BCUT2D eigenvalue weighted by molar-refractivity contribution is 7.92. The van der Waals surface area contributed by atoms with E-state index in [-0.39, 0.29) is 22.9 Å². The van der Waals surface area contributed by atoms with Crippen LogP contribution in [0.25, 0.3) is 5.69 Å². The summed E-state index contributed by atoms with van der Waals surface area (Å²) < 4.78 is 47.7. The predicted molar refractivity (Wildman–Crippen MR) is 101 cm³/mol. The average molecular weight is 403 g/mol. The molecular weight excluding hydrogens is 385 g/mol. The molecule has 146 valence electrons. The van der Waals surface area contributed by atoms with Crippen LogP contribution < -0.4 is 4.72 Å². The van der Waals surface area contributed by atoms with Gasteiger partial charge in [0.1, 0.15) is 11.4 Å². The number of nitrogens with one attached hydrogen (secondary N) is 1. The molecule has 0 saturated carbocycles. The Bertz CT molecular complexity index is 1110. The molecule has 7 nitrogen and oxygen atoms in total. The minimum Gasteiger partial charge on any atom is -0.462 e. The summed E-state index contributed by atoms with van der Waals surface area (Å²) in [6, 6.07) is 11.7. The van der Waals surface area contributed by atoms with Gasteiger partial charge in [-0.1, -0.05) is 18.2 Å². The number of aryl methyl sites for hydroxylation is 1.